The molecule has 1 aromatic carbocycles. The normalized spacial score (nSPS) is 24.1. The molecule has 0 spiro atoms. The number of nitrogens with one attached hydrogen (secondary N) is 1. The van der Waals surface area contributed by atoms with E-state index in [1.54, 1.807) is 12.1 Å². The Morgan fingerprint density at radius 2 is 2.11 bits per heavy atom. The van der Waals surface area contributed by atoms with Crippen LogP contribution in [0.25, 0.3) is 0 Å². The van der Waals surface area contributed by atoms with Crippen molar-refractivity contribution in [3.05, 3.63) is 29.8 Å². The van der Waals surface area contributed by atoms with Gasteiger partial charge in [-0.1, -0.05) is 25.5 Å². The van der Waals surface area contributed by atoms with Gasteiger partial charge in [0.15, 0.2) is 0 Å². The maximum absolute atomic E-state index is 9.23. The molecule has 3 nitrogen and oxygen atoms in total. The smallest absolute Gasteiger partial charge is 0.115 e. The SMILES string of the molecule is CCCC1CC(NCc2ccc(O)cc2)CCO1. The average Bonchev–Trinajstić information content (AvgIpc) is 2.39. The van der Waals surface area contributed by atoms with Crippen molar-refractivity contribution in [2.24, 2.45) is 0 Å². The Labute approximate surface area is 109 Å². The van der Waals surface area contributed by atoms with Crippen LogP contribution in [0, 0.1) is 0 Å². The maximum atomic E-state index is 9.23. The molecule has 1 heterocycles. The zero-order valence-electron chi connectivity index (χ0n) is 11.1. The van der Waals surface area contributed by atoms with Crippen molar-refractivity contribution in [3.8, 4) is 5.75 Å². The third-order valence-electron chi connectivity index (χ3n) is 3.51. The molecule has 1 aromatic rings. The number of phenols is 1. The van der Waals surface area contributed by atoms with Gasteiger partial charge in [0.2, 0.25) is 0 Å². The third-order valence-corrected chi connectivity index (χ3v) is 3.51. The van der Waals surface area contributed by atoms with Crippen LogP contribution in [-0.2, 0) is 11.3 Å². The van der Waals surface area contributed by atoms with E-state index in [-0.39, 0.29) is 0 Å². The van der Waals surface area contributed by atoms with Crippen LogP contribution in [0.15, 0.2) is 24.3 Å². The number of phenolic OH excluding ortho intramolecular Hbond substituents is 1. The molecule has 2 N–H and O–H groups in total. The molecule has 2 atom stereocenters. The van der Waals surface area contributed by atoms with Gasteiger partial charge in [0.1, 0.15) is 5.75 Å². The largest absolute Gasteiger partial charge is 0.508 e. The number of ether oxygens (including phenoxy) is 1. The van der Waals surface area contributed by atoms with Crippen LogP contribution in [-0.4, -0.2) is 23.9 Å². The molecule has 1 saturated heterocycles. The summed E-state index contributed by atoms with van der Waals surface area (Å²) in [5.74, 6) is 0.327. The Morgan fingerprint density at radius 1 is 1.33 bits per heavy atom. The van der Waals surface area contributed by atoms with Gasteiger partial charge in [-0.2, -0.15) is 0 Å². The molecule has 3 heteroatoms. The second-order valence-electron chi connectivity index (χ2n) is 5.05. The summed E-state index contributed by atoms with van der Waals surface area (Å²) in [6.45, 7) is 3.94. The van der Waals surface area contributed by atoms with E-state index in [1.165, 1.54) is 12.0 Å². The zero-order valence-corrected chi connectivity index (χ0v) is 11.1. The van der Waals surface area contributed by atoms with Crippen LogP contribution < -0.4 is 5.32 Å². The summed E-state index contributed by atoms with van der Waals surface area (Å²) in [7, 11) is 0. The van der Waals surface area contributed by atoms with Crippen molar-refractivity contribution in [3.63, 3.8) is 0 Å². The van der Waals surface area contributed by atoms with Crippen LogP contribution in [0.1, 0.15) is 38.2 Å². The molecule has 0 radical (unpaired) electrons. The molecule has 0 aliphatic carbocycles. The first-order valence-electron chi connectivity index (χ1n) is 6.91. The Balaban J connectivity index is 1.77. The maximum Gasteiger partial charge on any atom is 0.115 e. The lowest BCUT2D eigenvalue weighted by Crippen LogP contribution is -2.38. The minimum absolute atomic E-state index is 0.327. The molecule has 0 amide bonds. The van der Waals surface area contributed by atoms with Crippen molar-refractivity contribution >= 4 is 0 Å². The fourth-order valence-electron chi connectivity index (χ4n) is 2.46. The molecule has 2 unspecified atom stereocenters. The monoisotopic (exact) mass is 249 g/mol. The highest BCUT2D eigenvalue weighted by Gasteiger charge is 2.21. The first kappa shape index (κ1) is 13.4. The van der Waals surface area contributed by atoms with E-state index in [0.717, 1.165) is 32.4 Å². The zero-order chi connectivity index (χ0) is 12.8. The molecule has 1 fully saturated rings. The van der Waals surface area contributed by atoms with Gasteiger partial charge in [0.05, 0.1) is 6.10 Å². The molecular weight excluding hydrogens is 226 g/mol. The Hall–Kier alpha value is -1.06. The Kier molecular flexibility index (Phi) is 5.02. The number of hydrogen-bond acceptors (Lipinski definition) is 3. The van der Waals surface area contributed by atoms with Crippen molar-refractivity contribution in [2.75, 3.05) is 6.61 Å². The number of rotatable bonds is 5. The first-order valence-corrected chi connectivity index (χ1v) is 6.91. The topological polar surface area (TPSA) is 41.5 Å². The van der Waals surface area contributed by atoms with Crippen molar-refractivity contribution in [1.29, 1.82) is 0 Å². The molecule has 2 rings (SSSR count). The second kappa shape index (κ2) is 6.76. The van der Waals surface area contributed by atoms with Crippen LogP contribution in [0.5, 0.6) is 5.75 Å². The number of hydrogen-bond donors (Lipinski definition) is 2. The lowest BCUT2D eigenvalue weighted by atomic mass is 10.00. The number of benzene rings is 1. The Bertz CT molecular complexity index is 348. The molecule has 100 valence electrons. The van der Waals surface area contributed by atoms with Crippen molar-refractivity contribution in [1.82, 2.24) is 5.32 Å². The van der Waals surface area contributed by atoms with Crippen LogP contribution in [0.4, 0.5) is 0 Å². The highest BCUT2D eigenvalue weighted by molar-refractivity contribution is 5.25. The van der Waals surface area contributed by atoms with Gasteiger partial charge in [0, 0.05) is 19.2 Å². The van der Waals surface area contributed by atoms with E-state index < -0.39 is 0 Å². The van der Waals surface area contributed by atoms with Crippen molar-refractivity contribution in [2.45, 2.75) is 51.3 Å². The lowest BCUT2D eigenvalue weighted by Gasteiger charge is -2.30. The summed E-state index contributed by atoms with van der Waals surface area (Å²) in [6.07, 6.45) is 5.00. The highest BCUT2D eigenvalue weighted by Crippen LogP contribution is 2.18. The van der Waals surface area contributed by atoms with Crippen molar-refractivity contribution < 1.29 is 9.84 Å². The molecule has 0 saturated carbocycles. The minimum Gasteiger partial charge on any atom is -0.508 e. The Morgan fingerprint density at radius 3 is 2.83 bits per heavy atom. The van der Waals surface area contributed by atoms with E-state index in [9.17, 15) is 5.11 Å². The minimum atomic E-state index is 0.327. The van der Waals surface area contributed by atoms with E-state index in [2.05, 4.69) is 12.2 Å². The van der Waals surface area contributed by atoms with Gasteiger partial charge in [-0.05, 0) is 37.0 Å². The van der Waals surface area contributed by atoms with Crippen LogP contribution in [0.3, 0.4) is 0 Å². The third kappa shape index (κ3) is 4.00. The summed E-state index contributed by atoms with van der Waals surface area (Å²) < 4.78 is 5.74. The molecule has 0 bridgehead atoms. The van der Waals surface area contributed by atoms with E-state index in [0.29, 0.717) is 17.9 Å². The summed E-state index contributed by atoms with van der Waals surface area (Å²) in [5.41, 5.74) is 1.21. The van der Waals surface area contributed by atoms with E-state index in [1.807, 2.05) is 12.1 Å². The summed E-state index contributed by atoms with van der Waals surface area (Å²) >= 11 is 0. The van der Waals surface area contributed by atoms with Crippen LogP contribution in [0.2, 0.25) is 0 Å². The molecule has 1 aliphatic rings. The van der Waals surface area contributed by atoms with Crippen LogP contribution >= 0.6 is 0 Å². The van der Waals surface area contributed by atoms with Gasteiger partial charge < -0.3 is 15.2 Å². The first-order chi connectivity index (χ1) is 8.78. The molecular formula is C15H23NO2. The molecule has 0 aromatic heterocycles. The van der Waals surface area contributed by atoms with Gasteiger partial charge in [-0.3, -0.25) is 0 Å². The summed E-state index contributed by atoms with van der Waals surface area (Å²) in [6, 6.07) is 7.96. The summed E-state index contributed by atoms with van der Waals surface area (Å²) in [5, 5.41) is 12.8. The quantitative estimate of drug-likeness (QED) is 0.843. The average molecular weight is 249 g/mol. The fraction of sp³-hybridized carbons (Fsp3) is 0.600. The summed E-state index contributed by atoms with van der Waals surface area (Å²) in [4.78, 5) is 0. The fourth-order valence-corrected chi connectivity index (χ4v) is 2.46. The van der Waals surface area contributed by atoms with E-state index >= 15 is 0 Å². The standard InChI is InChI=1S/C15H23NO2/c1-2-3-15-10-13(8-9-18-15)16-11-12-4-6-14(17)7-5-12/h4-7,13,15-17H,2-3,8-11H2,1H3. The molecule has 18 heavy (non-hydrogen) atoms. The molecule has 1 aliphatic heterocycles. The predicted molar refractivity (Wildman–Crippen MR) is 72.6 cm³/mol. The van der Waals surface area contributed by atoms with Gasteiger partial charge in [0.25, 0.3) is 0 Å². The van der Waals surface area contributed by atoms with Gasteiger partial charge in [-0.25, -0.2) is 0 Å². The lowest BCUT2D eigenvalue weighted by molar-refractivity contribution is -0.00342. The van der Waals surface area contributed by atoms with Gasteiger partial charge in [-0.15, -0.1) is 0 Å². The number of aromatic hydroxyl groups is 1. The van der Waals surface area contributed by atoms with Gasteiger partial charge >= 0.3 is 0 Å². The van der Waals surface area contributed by atoms with E-state index in [4.69, 9.17) is 4.74 Å². The second-order valence-corrected chi connectivity index (χ2v) is 5.05. The predicted octanol–water partition coefficient (Wildman–Crippen LogP) is 2.83. The highest BCUT2D eigenvalue weighted by atomic mass is 16.5.